The van der Waals surface area contributed by atoms with Crippen LogP contribution in [-0.2, 0) is 0 Å². The van der Waals surface area contributed by atoms with Gasteiger partial charge in [-0.3, -0.25) is 0 Å². The zero-order chi connectivity index (χ0) is 12.5. The summed E-state index contributed by atoms with van der Waals surface area (Å²) < 4.78 is 0. The van der Waals surface area contributed by atoms with Gasteiger partial charge in [0.15, 0.2) is 0 Å². The molecule has 0 radical (unpaired) electrons. The van der Waals surface area contributed by atoms with Gasteiger partial charge in [-0.2, -0.15) is 0 Å². The molecule has 0 spiro atoms. The lowest BCUT2D eigenvalue weighted by Crippen LogP contribution is -1.80. The summed E-state index contributed by atoms with van der Waals surface area (Å²) in [6.45, 7) is 0. The maximum atomic E-state index is 10.0. The van der Waals surface area contributed by atoms with Crippen molar-refractivity contribution in [2.45, 2.75) is 0 Å². The first-order chi connectivity index (χ1) is 8.74. The Morgan fingerprint density at radius 1 is 0.667 bits per heavy atom. The Kier molecular flexibility index (Phi) is 2.41. The molecule has 88 valence electrons. The summed E-state index contributed by atoms with van der Waals surface area (Å²) in [5.74, 6) is 0.514. The van der Waals surface area contributed by atoms with Crippen molar-refractivity contribution in [3.8, 4) is 22.6 Å². The van der Waals surface area contributed by atoms with E-state index < -0.39 is 0 Å². The van der Waals surface area contributed by atoms with Gasteiger partial charge in [0, 0.05) is 5.39 Å². The first-order valence-electron chi connectivity index (χ1n) is 5.75. The van der Waals surface area contributed by atoms with E-state index in [2.05, 4.69) is 0 Å². The molecule has 0 unspecified atom stereocenters. The van der Waals surface area contributed by atoms with Crippen molar-refractivity contribution < 1.29 is 10.2 Å². The fourth-order valence-corrected chi connectivity index (χ4v) is 2.11. The Hall–Kier alpha value is -2.48. The standard InChI is InChI=1S/C16H12O2/c17-14-7-5-11(6-8-14)13-9-12-3-1-2-4-15(12)16(18)10-13/h1-10,17-18H. The Morgan fingerprint density at radius 2 is 1.39 bits per heavy atom. The van der Waals surface area contributed by atoms with Crippen molar-refractivity contribution in [2.24, 2.45) is 0 Å². The van der Waals surface area contributed by atoms with E-state index in [1.807, 2.05) is 42.5 Å². The van der Waals surface area contributed by atoms with Crippen LogP contribution in [0.1, 0.15) is 0 Å². The van der Waals surface area contributed by atoms with E-state index in [0.29, 0.717) is 0 Å². The summed E-state index contributed by atoms with van der Waals surface area (Å²) in [6.07, 6.45) is 0. The van der Waals surface area contributed by atoms with Gasteiger partial charge in [-0.15, -0.1) is 0 Å². The lowest BCUT2D eigenvalue weighted by molar-refractivity contribution is 0.475. The summed E-state index contributed by atoms with van der Waals surface area (Å²) >= 11 is 0. The molecule has 18 heavy (non-hydrogen) atoms. The van der Waals surface area contributed by atoms with Crippen LogP contribution in [0.15, 0.2) is 60.7 Å². The number of hydrogen-bond donors (Lipinski definition) is 2. The molecule has 0 amide bonds. The quantitative estimate of drug-likeness (QED) is 0.672. The highest BCUT2D eigenvalue weighted by molar-refractivity contribution is 5.92. The van der Waals surface area contributed by atoms with Gasteiger partial charge in [-0.25, -0.2) is 0 Å². The second-order valence-electron chi connectivity index (χ2n) is 4.26. The van der Waals surface area contributed by atoms with Crippen LogP contribution >= 0.6 is 0 Å². The zero-order valence-corrected chi connectivity index (χ0v) is 9.67. The summed E-state index contributed by atoms with van der Waals surface area (Å²) in [5, 5.41) is 21.1. The average Bonchev–Trinajstić information content (AvgIpc) is 2.39. The Labute approximate surface area is 105 Å². The lowest BCUT2D eigenvalue weighted by Gasteiger charge is -2.06. The second kappa shape index (κ2) is 4.08. The van der Waals surface area contributed by atoms with Crippen molar-refractivity contribution in [1.82, 2.24) is 0 Å². The third-order valence-corrected chi connectivity index (χ3v) is 3.04. The van der Waals surface area contributed by atoms with Crippen molar-refractivity contribution >= 4 is 10.8 Å². The summed E-state index contributed by atoms with van der Waals surface area (Å²) in [7, 11) is 0. The van der Waals surface area contributed by atoms with Crippen molar-refractivity contribution in [3.63, 3.8) is 0 Å². The van der Waals surface area contributed by atoms with E-state index in [-0.39, 0.29) is 11.5 Å². The van der Waals surface area contributed by atoms with E-state index >= 15 is 0 Å². The molecule has 0 fully saturated rings. The molecule has 0 aliphatic rings. The Balaban J connectivity index is 2.21. The smallest absolute Gasteiger partial charge is 0.124 e. The Morgan fingerprint density at radius 3 is 2.17 bits per heavy atom. The maximum absolute atomic E-state index is 10.0. The zero-order valence-electron chi connectivity index (χ0n) is 9.67. The largest absolute Gasteiger partial charge is 0.508 e. The summed E-state index contributed by atoms with van der Waals surface area (Å²) in [4.78, 5) is 0. The minimum Gasteiger partial charge on any atom is -0.508 e. The topological polar surface area (TPSA) is 40.5 Å². The van der Waals surface area contributed by atoms with Gasteiger partial charge in [-0.05, 0) is 40.8 Å². The number of phenols is 2. The van der Waals surface area contributed by atoms with E-state index in [1.165, 1.54) is 0 Å². The highest BCUT2D eigenvalue weighted by Crippen LogP contribution is 2.32. The second-order valence-corrected chi connectivity index (χ2v) is 4.26. The van der Waals surface area contributed by atoms with E-state index in [4.69, 9.17) is 0 Å². The van der Waals surface area contributed by atoms with Gasteiger partial charge in [0.1, 0.15) is 11.5 Å². The fraction of sp³-hybridized carbons (Fsp3) is 0. The Bertz CT molecular complexity index is 700. The molecule has 3 rings (SSSR count). The molecule has 0 saturated carbocycles. The predicted octanol–water partition coefficient (Wildman–Crippen LogP) is 3.92. The SMILES string of the molecule is Oc1ccc(-c2cc(O)c3ccccc3c2)cc1. The molecule has 0 aromatic heterocycles. The third-order valence-electron chi connectivity index (χ3n) is 3.04. The molecular formula is C16H12O2. The average molecular weight is 236 g/mol. The van der Waals surface area contributed by atoms with E-state index in [1.54, 1.807) is 18.2 Å². The molecule has 0 saturated heterocycles. The number of fused-ring (bicyclic) bond motifs is 1. The van der Waals surface area contributed by atoms with E-state index in [9.17, 15) is 10.2 Å². The van der Waals surface area contributed by atoms with Crippen LogP contribution in [-0.4, -0.2) is 10.2 Å². The van der Waals surface area contributed by atoms with Crippen LogP contribution < -0.4 is 0 Å². The molecule has 0 bridgehead atoms. The summed E-state index contributed by atoms with van der Waals surface area (Å²) in [5.41, 5.74) is 1.90. The van der Waals surface area contributed by atoms with Gasteiger partial charge in [0.2, 0.25) is 0 Å². The molecule has 3 aromatic rings. The third kappa shape index (κ3) is 1.78. The monoisotopic (exact) mass is 236 g/mol. The first-order valence-corrected chi connectivity index (χ1v) is 5.75. The van der Waals surface area contributed by atoms with Crippen LogP contribution in [0.2, 0.25) is 0 Å². The first kappa shape index (κ1) is 10.7. The molecule has 2 nitrogen and oxygen atoms in total. The molecular weight excluding hydrogens is 224 g/mol. The number of hydrogen-bond acceptors (Lipinski definition) is 2. The van der Waals surface area contributed by atoms with Gasteiger partial charge < -0.3 is 10.2 Å². The van der Waals surface area contributed by atoms with Gasteiger partial charge in [0.05, 0.1) is 0 Å². The lowest BCUT2D eigenvalue weighted by atomic mass is 10.0. The molecule has 3 aromatic carbocycles. The number of rotatable bonds is 1. The number of aromatic hydroxyl groups is 2. The molecule has 0 atom stereocenters. The van der Waals surface area contributed by atoms with Crippen molar-refractivity contribution in [1.29, 1.82) is 0 Å². The van der Waals surface area contributed by atoms with Crippen LogP contribution in [0, 0.1) is 0 Å². The van der Waals surface area contributed by atoms with Crippen LogP contribution in [0.5, 0.6) is 11.5 Å². The van der Waals surface area contributed by atoms with Crippen LogP contribution in [0.4, 0.5) is 0 Å². The molecule has 0 heterocycles. The van der Waals surface area contributed by atoms with Crippen LogP contribution in [0.25, 0.3) is 21.9 Å². The normalized spacial score (nSPS) is 10.7. The van der Waals surface area contributed by atoms with Gasteiger partial charge in [0.25, 0.3) is 0 Å². The highest BCUT2D eigenvalue weighted by Gasteiger charge is 2.04. The molecule has 2 heteroatoms. The summed E-state index contributed by atoms with van der Waals surface area (Å²) in [6, 6.07) is 18.4. The van der Waals surface area contributed by atoms with Gasteiger partial charge >= 0.3 is 0 Å². The number of phenolic OH excluding ortho intramolecular Hbond substituents is 2. The minimum absolute atomic E-state index is 0.240. The molecule has 0 aliphatic carbocycles. The van der Waals surface area contributed by atoms with E-state index in [0.717, 1.165) is 21.9 Å². The highest BCUT2D eigenvalue weighted by atomic mass is 16.3. The predicted molar refractivity (Wildman–Crippen MR) is 72.7 cm³/mol. The molecule has 2 N–H and O–H groups in total. The fourth-order valence-electron chi connectivity index (χ4n) is 2.11. The maximum Gasteiger partial charge on any atom is 0.124 e. The minimum atomic E-state index is 0.240. The van der Waals surface area contributed by atoms with Crippen molar-refractivity contribution in [3.05, 3.63) is 60.7 Å². The van der Waals surface area contributed by atoms with Crippen LogP contribution in [0.3, 0.4) is 0 Å². The van der Waals surface area contributed by atoms with Gasteiger partial charge in [-0.1, -0.05) is 36.4 Å². The van der Waals surface area contributed by atoms with Crippen molar-refractivity contribution in [2.75, 3.05) is 0 Å². The molecule has 0 aliphatic heterocycles. The number of benzene rings is 3.